The molecular weight excluding hydrogens is 190 g/mol. The van der Waals surface area contributed by atoms with Crippen LogP contribution in [0.5, 0.6) is 0 Å². The van der Waals surface area contributed by atoms with Gasteiger partial charge in [0.2, 0.25) is 0 Å². The van der Waals surface area contributed by atoms with E-state index in [1.165, 1.54) is 12.8 Å². The number of hydrogen-bond acceptors (Lipinski definition) is 3. The number of fused-ring (bicyclic) bond motifs is 1. The fourth-order valence-electron chi connectivity index (χ4n) is 2.54. The first-order valence-corrected chi connectivity index (χ1v) is 5.80. The zero-order chi connectivity index (χ0) is 10.3. The van der Waals surface area contributed by atoms with Crippen LogP contribution in [-0.2, 0) is 13.0 Å². The first-order chi connectivity index (χ1) is 7.33. The number of imidazole rings is 1. The largest absolute Gasteiger partial charge is 0.393 e. The first-order valence-electron chi connectivity index (χ1n) is 5.80. The highest BCUT2D eigenvalue weighted by Crippen LogP contribution is 2.24. The topological polar surface area (TPSA) is 50.1 Å². The lowest BCUT2D eigenvalue weighted by atomic mass is 10.1. The lowest BCUT2D eigenvalue weighted by molar-refractivity contribution is 0.141. The lowest BCUT2D eigenvalue weighted by Crippen LogP contribution is -2.22. The Labute approximate surface area is 89.3 Å². The molecule has 3 rings (SSSR count). The molecule has 2 atom stereocenters. The number of aryl methyl sites for hydroxylation is 1. The van der Waals surface area contributed by atoms with Gasteiger partial charge in [0.25, 0.3) is 0 Å². The summed E-state index contributed by atoms with van der Waals surface area (Å²) in [6, 6.07) is 0.445. The van der Waals surface area contributed by atoms with Crippen molar-refractivity contribution >= 4 is 0 Å². The molecule has 0 spiro atoms. The zero-order valence-corrected chi connectivity index (χ0v) is 8.82. The van der Waals surface area contributed by atoms with Crippen molar-refractivity contribution in [3.05, 3.63) is 17.7 Å². The van der Waals surface area contributed by atoms with Crippen LogP contribution in [0.1, 0.15) is 36.8 Å². The summed E-state index contributed by atoms with van der Waals surface area (Å²) >= 11 is 0. The number of nitrogens with one attached hydrogen (secondary N) is 1. The van der Waals surface area contributed by atoms with Crippen LogP contribution in [0.25, 0.3) is 0 Å². The number of aromatic nitrogens is 2. The molecule has 0 radical (unpaired) electrons. The van der Waals surface area contributed by atoms with Crippen LogP contribution in [0, 0.1) is 0 Å². The van der Waals surface area contributed by atoms with E-state index < -0.39 is 0 Å². The predicted molar refractivity (Wildman–Crippen MR) is 56.5 cm³/mol. The van der Waals surface area contributed by atoms with Gasteiger partial charge in [-0.05, 0) is 25.8 Å². The summed E-state index contributed by atoms with van der Waals surface area (Å²) in [5.41, 5.74) is 1.16. The maximum atomic E-state index is 9.56. The molecule has 0 saturated carbocycles. The Morgan fingerprint density at radius 1 is 1.47 bits per heavy atom. The highest BCUT2D eigenvalue weighted by Gasteiger charge is 2.23. The van der Waals surface area contributed by atoms with Gasteiger partial charge in [-0.15, -0.1) is 0 Å². The standard InChI is InChI=1S/C11H17N3O/c15-8-3-5-14-7-10(13-11(14)6-8)9-2-1-4-12-9/h7-9,12,15H,1-6H2. The molecule has 4 heteroatoms. The molecule has 4 nitrogen and oxygen atoms in total. The molecule has 0 aliphatic carbocycles. The number of rotatable bonds is 1. The van der Waals surface area contributed by atoms with Crippen molar-refractivity contribution in [2.45, 2.75) is 44.4 Å². The maximum absolute atomic E-state index is 9.56. The van der Waals surface area contributed by atoms with E-state index in [1.807, 2.05) is 0 Å². The van der Waals surface area contributed by atoms with E-state index >= 15 is 0 Å². The molecule has 1 fully saturated rings. The molecular formula is C11H17N3O. The van der Waals surface area contributed by atoms with Crippen LogP contribution in [0.3, 0.4) is 0 Å². The second-order valence-electron chi connectivity index (χ2n) is 4.57. The van der Waals surface area contributed by atoms with Crippen molar-refractivity contribution < 1.29 is 5.11 Å². The van der Waals surface area contributed by atoms with Crippen LogP contribution >= 0.6 is 0 Å². The highest BCUT2D eigenvalue weighted by molar-refractivity contribution is 5.12. The molecule has 2 N–H and O–H groups in total. The van der Waals surface area contributed by atoms with Gasteiger partial charge in [-0.25, -0.2) is 4.98 Å². The van der Waals surface area contributed by atoms with Crippen molar-refractivity contribution in [2.75, 3.05) is 6.54 Å². The Morgan fingerprint density at radius 2 is 2.40 bits per heavy atom. The second kappa shape index (κ2) is 3.61. The molecule has 0 aromatic carbocycles. The van der Waals surface area contributed by atoms with Gasteiger partial charge in [0.15, 0.2) is 0 Å². The van der Waals surface area contributed by atoms with Crippen LogP contribution < -0.4 is 5.32 Å². The predicted octanol–water partition coefficient (Wildman–Crippen LogP) is 0.615. The van der Waals surface area contributed by atoms with Crippen molar-refractivity contribution in [1.82, 2.24) is 14.9 Å². The molecule has 0 bridgehead atoms. The minimum atomic E-state index is -0.190. The van der Waals surface area contributed by atoms with Crippen LogP contribution in [-0.4, -0.2) is 27.3 Å². The van der Waals surface area contributed by atoms with E-state index in [-0.39, 0.29) is 6.10 Å². The number of nitrogens with zero attached hydrogens (tertiary/aromatic N) is 2. The average molecular weight is 207 g/mol. The summed E-state index contributed by atoms with van der Waals surface area (Å²) < 4.78 is 2.20. The molecule has 15 heavy (non-hydrogen) atoms. The Hall–Kier alpha value is -0.870. The lowest BCUT2D eigenvalue weighted by Gasteiger charge is -2.18. The van der Waals surface area contributed by atoms with Gasteiger partial charge in [-0.3, -0.25) is 0 Å². The fourth-order valence-corrected chi connectivity index (χ4v) is 2.54. The molecule has 1 aromatic heterocycles. The summed E-state index contributed by atoms with van der Waals surface area (Å²) in [5, 5.41) is 13.0. The quantitative estimate of drug-likeness (QED) is 0.709. The van der Waals surface area contributed by atoms with Gasteiger partial charge in [0.05, 0.1) is 17.8 Å². The third-order valence-corrected chi connectivity index (χ3v) is 3.42. The first kappa shape index (κ1) is 9.36. The Bertz CT molecular complexity index is 355. The van der Waals surface area contributed by atoms with Crippen molar-refractivity contribution in [3.8, 4) is 0 Å². The fraction of sp³-hybridized carbons (Fsp3) is 0.727. The minimum Gasteiger partial charge on any atom is -0.393 e. The average Bonchev–Trinajstić information content (AvgIpc) is 2.84. The summed E-state index contributed by atoms with van der Waals surface area (Å²) in [6.07, 6.45) is 5.98. The van der Waals surface area contributed by atoms with E-state index in [0.717, 1.165) is 31.0 Å². The van der Waals surface area contributed by atoms with Gasteiger partial charge >= 0.3 is 0 Å². The Morgan fingerprint density at radius 3 is 3.20 bits per heavy atom. The van der Waals surface area contributed by atoms with E-state index in [1.54, 1.807) is 0 Å². The maximum Gasteiger partial charge on any atom is 0.111 e. The third-order valence-electron chi connectivity index (χ3n) is 3.42. The normalized spacial score (nSPS) is 30.5. The molecule has 1 saturated heterocycles. The Balaban J connectivity index is 1.85. The zero-order valence-electron chi connectivity index (χ0n) is 8.82. The van der Waals surface area contributed by atoms with E-state index in [4.69, 9.17) is 0 Å². The Kier molecular flexibility index (Phi) is 2.25. The van der Waals surface area contributed by atoms with E-state index in [2.05, 4.69) is 21.1 Å². The highest BCUT2D eigenvalue weighted by atomic mass is 16.3. The molecule has 2 unspecified atom stereocenters. The minimum absolute atomic E-state index is 0.190. The molecule has 1 aromatic rings. The summed E-state index contributed by atoms with van der Waals surface area (Å²) in [5.74, 6) is 1.05. The summed E-state index contributed by atoms with van der Waals surface area (Å²) in [6.45, 7) is 2.02. The SMILES string of the molecule is OC1CCn2cc(C3CCCN3)nc2C1. The van der Waals surface area contributed by atoms with Crippen molar-refractivity contribution in [3.63, 3.8) is 0 Å². The second-order valence-corrected chi connectivity index (χ2v) is 4.57. The molecule has 0 amide bonds. The molecule has 82 valence electrons. The third kappa shape index (κ3) is 1.68. The van der Waals surface area contributed by atoms with Crippen LogP contribution in [0.2, 0.25) is 0 Å². The van der Waals surface area contributed by atoms with Crippen LogP contribution in [0.15, 0.2) is 6.20 Å². The summed E-state index contributed by atoms with van der Waals surface area (Å²) in [7, 11) is 0. The van der Waals surface area contributed by atoms with Gasteiger partial charge in [0, 0.05) is 19.2 Å². The van der Waals surface area contributed by atoms with Crippen molar-refractivity contribution in [2.24, 2.45) is 0 Å². The van der Waals surface area contributed by atoms with E-state index in [0.29, 0.717) is 12.5 Å². The van der Waals surface area contributed by atoms with Gasteiger partial charge in [-0.1, -0.05) is 0 Å². The molecule has 3 heterocycles. The molecule has 2 aliphatic rings. The monoisotopic (exact) mass is 207 g/mol. The van der Waals surface area contributed by atoms with Gasteiger partial charge in [-0.2, -0.15) is 0 Å². The van der Waals surface area contributed by atoms with E-state index in [9.17, 15) is 5.11 Å². The summed E-state index contributed by atoms with van der Waals surface area (Å²) in [4.78, 5) is 4.62. The molecule has 2 aliphatic heterocycles. The smallest absolute Gasteiger partial charge is 0.111 e. The number of hydrogen-bond donors (Lipinski definition) is 2. The van der Waals surface area contributed by atoms with Gasteiger partial charge < -0.3 is 15.0 Å². The van der Waals surface area contributed by atoms with Gasteiger partial charge in [0.1, 0.15) is 5.82 Å². The van der Waals surface area contributed by atoms with Crippen molar-refractivity contribution in [1.29, 1.82) is 0 Å². The number of aliphatic hydroxyl groups is 1. The van der Waals surface area contributed by atoms with Crippen LogP contribution in [0.4, 0.5) is 0 Å². The number of aliphatic hydroxyl groups excluding tert-OH is 1.